The molecule has 1 atom stereocenters. The number of hydrogen-bond donors (Lipinski definition) is 2. The van der Waals surface area contributed by atoms with Crippen LogP contribution in [0.3, 0.4) is 0 Å². The van der Waals surface area contributed by atoms with Crippen LogP contribution in [0.5, 0.6) is 0 Å². The lowest BCUT2D eigenvalue weighted by atomic mass is 10.2. The lowest BCUT2D eigenvalue weighted by Gasteiger charge is -2.23. The topological polar surface area (TPSA) is 78.5 Å². The zero-order valence-corrected chi connectivity index (χ0v) is 13.9. The first-order chi connectivity index (χ1) is 9.95. The van der Waals surface area contributed by atoms with Crippen molar-refractivity contribution in [2.24, 2.45) is 0 Å². The van der Waals surface area contributed by atoms with Crippen molar-refractivity contribution in [3.8, 4) is 0 Å². The molecule has 0 bridgehead atoms. The first-order valence-corrected chi connectivity index (χ1v) is 9.20. The van der Waals surface area contributed by atoms with Gasteiger partial charge >= 0.3 is 0 Å². The van der Waals surface area contributed by atoms with E-state index < -0.39 is 10.0 Å². The van der Waals surface area contributed by atoms with E-state index in [1.165, 1.54) is 18.3 Å². The maximum atomic E-state index is 12.7. The second-order valence-electron chi connectivity index (χ2n) is 5.10. The highest BCUT2D eigenvalue weighted by Crippen LogP contribution is 2.30. The van der Waals surface area contributed by atoms with Crippen LogP contribution in [0, 0.1) is 0 Å². The Morgan fingerprint density at radius 2 is 2.24 bits per heavy atom. The van der Waals surface area contributed by atoms with Gasteiger partial charge in [-0.05, 0) is 32.0 Å². The highest BCUT2D eigenvalue weighted by molar-refractivity contribution is 7.91. The number of nitrogens with one attached hydrogen (secondary N) is 2. The number of hydrogen-bond acceptors (Lipinski definition) is 5. The van der Waals surface area contributed by atoms with Crippen molar-refractivity contribution in [3.63, 3.8) is 0 Å². The third-order valence-electron chi connectivity index (χ3n) is 3.47. The van der Waals surface area contributed by atoms with Gasteiger partial charge in [-0.2, -0.15) is 4.31 Å². The van der Waals surface area contributed by atoms with E-state index in [9.17, 15) is 13.2 Å². The van der Waals surface area contributed by atoms with Gasteiger partial charge in [0.25, 0.3) is 10.0 Å². The molecule has 1 aliphatic heterocycles. The molecule has 1 saturated heterocycles. The molecular formula is C13H21N3O3S2. The zero-order valence-electron chi connectivity index (χ0n) is 12.3. The smallest absolute Gasteiger partial charge is 0.252 e. The van der Waals surface area contributed by atoms with Gasteiger partial charge in [-0.25, -0.2) is 8.42 Å². The molecule has 8 heteroatoms. The molecular weight excluding hydrogens is 310 g/mol. The largest absolute Gasteiger partial charge is 0.351 e. The van der Waals surface area contributed by atoms with Gasteiger partial charge in [0, 0.05) is 30.9 Å². The molecule has 0 radical (unpaired) electrons. The van der Waals surface area contributed by atoms with Crippen LogP contribution in [0.1, 0.15) is 24.6 Å². The van der Waals surface area contributed by atoms with Crippen LogP contribution >= 0.6 is 11.3 Å². The van der Waals surface area contributed by atoms with E-state index in [1.54, 1.807) is 16.4 Å². The van der Waals surface area contributed by atoms with Crippen LogP contribution in [0.2, 0.25) is 0 Å². The predicted molar refractivity (Wildman–Crippen MR) is 82.7 cm³/mol. The van der Waals surface area contributed by atoms with Crippen molar-refractivity contribution < 1.29 is 13.2 Å². The molecule has 1 amide bonds. The summed E-state index contributed by atoms with van der Waals surface area (Å²) in [6.07, 6.45) is 1.79. The molecule has 1 aromatic rings. The number of likely N-dealkylation sites (N-methyl/N-ethyl adjacent to an activating group) is 1. The fourth-order valence-corrected chi connectivity index (χ4v) is 5.60. The average molecular weight is 331 g/mol. The summed E-state index contributed by atoms with van der Waals surface area (Å²) in [5.74, 6) is -0.124. The number of sulfonamides is 1. The molecule has 1 fully saturated rings. The standard InChI is InChI=1S/C13H21N3O3S2/c1-10(17)15-9-12-5-6-13(20-12)21(18,19)16-7-3-4-11(16)8-14-2/h5-6,11,14H,3-4,7-9H2,1-2H3,(H,15,17)/t11-/m1/s1. The fourth-order valence-electron chi connectivity index (χ4n) is 2.48. The van der Waals surface area contributed by atoms with E-state index in [4.69, 9.17) is 0 Å². The summed E-state index contributed by atoms with van der Waals surface area (Å²) in [5.41, 5.74) is 0. The van der Waals surface area contributed by atoms with E-state index in [2.05, 4.69) is 10.6 Å². The monoisotopic (exact) mass is 331 g/mol. The Balaban J connectivity index is 2.14. The van der Waals surface area contributed by atoms with E-state index in [1.807, 2.05) is 7.05 Å². The predicted octanol–water partition coefficient (Wildman–Crippen LogP) is 0.757. The Kier molecular flexibility index (Phi) is 5.37. The van der Waals surface area contributed by atoms with E-state index in [-0.39, 0.29) is 11.9 Å². The normalized spacial score (nSPS) is 19.8. The number of carbonyl (C=O) groups excluding carboxylic acids is 1. The molecule has 0 aromatic carbocycles. The molecule has 0 spiro atoms. The van der Waals surface area contributed by atoms with Crippen molar-refractivity contribution >= 4 is 27.3 Å². The lowest BCUT2D eigenvalue weighted by molar-refractivity contribution is -0.119. The summed E-state index contributed by atoms with van der Waals surface area (Å²) in [4.78, 5) is 11.7. The van der Waals surface area contributed by atoms with Gasteiger partial charge in [0.2, 0.25) is 5.91 Å². The zero-order chi connectivity index (χ0) is 15.5. The summed E-state index contributed by atoms with van der Waals surface area (Å²) in [7, 11) is -1.60. The highest BCUT2D eigenvalue weighted by Gasteiger charge is 2.35. The molecule has 1 aromatic heterocycles. The molecule has 21 heavy (non-hydrogen) atoms. The fraction of sp³-hybridized carbons (Fsp3) is 0.615. The molecule has 0 saturated carbocycles. The minimum Gasteiger partial charge on any atom is -0.351 e. The van der Waals surface area contributed by atoms with Crippen molar-refractivity contribution in [2.45, 2.75) is 36.6 Å². The first-order valence-electron chi connectivity index (χ1n) is 6.94. The molecule has 0 aliphatic carbocycles. The van der Waals surface area contributed by atoms with Gasteiger partial charge in [-0.1, -0.05) is 0 Å². The van der Waals surface area contributed by atoms with E-state index in [0.29, 0.717) is 23.8 Å². The molecule has 0 unspecified atom stereocenters. The summed E-state index contributed by atoms with van der Waals surface area (Å²) in [6, 6.07) is 3.42. The maximum absolute atomic E-state index is 12.7. The Labute approximate surface area is 129 Å². The second-order valence-corrected chi connectivity index (χ2v) is 8.39. The number of carbonyl (C=O) groups is 1. The maximum Gasteiger partial charge on any atom is 0.252 e. The van der Waals surface area contributed by atoms with Crippen LogP contribution in [-0.4, -0.2) is 44.8 Å². The molecule has 1 aliphatic rings. The number of rotatable bonds is 6. The van der Waals surface area contributed by atoms with Crippen molar-refractivity contribution in [1.29, 1.82) is 0 Å². The van der Waals surface area contributed by atoms with Crippen molar-refractivity contribution in [1.82, 2.24) is 14.9 Å². The SMILES string of the molecule is CNC[C@H]1CCCN1S(=O)(=O)c1ccc(CNC(C)=O)s1. The Bertz CT molecular complexity index is 598. The first kappa shape index (κ1) is 16.4. The van der Waals surface area contributed by atoms with Gasteiger partial charge in [-0.3, -0.25) is 4.79 Å². The average Bonchev–Trinajstić information content (AvgIpc) is 3.05. The summed E-state index contributed by atoms with van der Waals surface area (Å²) in [6.45, 7) is 3.06. The van der Waals surface area contributed by atoms with Gasteiger partial charge in [0.15, 0.2) is 0 Å². The summed E-state index contributed by atoms with van der Waals surface area (Å²) in [5, 5.41) is 5.73. The molecule has 6 nitrogen and oxygen atoms in total. The van der Waals surface area contributed by atoms with Crippen LogP contribution in [-0.2, 0) is 21.4 Å². The summed E-state index contributed by atoms with van der Waals surface area (Å²) < 4.78 is 27.3. The van der Waals surface area contributed by atoms with Gasteiger partial charge in [-0.15, -0.1) is 11.3 Å². The molecule has 2 rings (SSSR count). The Morgan fingerprint density at radius 1 is 1.48 bits per heavy atom. The second kappa shape index (κ2) is 6.87. The van der Waals surface area contributed by atoms with Crippen molar-refractivity contribution in [2.75, 3.05) is 20.1 Å². The van der Waals surface area contributed by atoms with Crippen LogP contribution in [0.25, 0.3) is 0 Å². The quantitative estimate of drug-likeness (QED) is 0.806. The van der Waals surface area contributed by atoms with Gasteiger partial charge in [0.1, 0.15) is 4.21 Å². The number of amides is 1. The molecule has 118 valence electrons. The number of thiophene rings is 1. The van der Waals surface area contributed by atoms with Crippen LogP contribution in [0.15, 0.2) is 16.3 Å². The summed E-state index contributed by atoms with van der Waals surface area (Å²) >= 11 is 1.22. The Morgan fingerprint density at radius 3 is 2.90 bits per heavy atom. The molecule has 2 N–H and O–H groups in total. The van der Waals surface area contributed by atoms with E-state index >= 15 is 0 Å². The molecule has 2 heterocycles. The lowest BCUT2D eigenvalue weighted by Crippen LogP contribution is -2.40. The van der Waals surface area contributed by atoms with E-state index in [0.717, 1.165) is 17.7 Å². The van der Waals surface area contributed by atoms with Crippen molar-refractivity contribution in [3.05, 3.63) is 17.0 Å². The highest BCUT2D eigenvalue weighted by atomic mass is 32.2. The van der Waals surface area contributed by atoms with Gasteiger partial charge < -0.3 is 10.6 Å². The van der Waals surface area contributed by atoms with Gasteiger partial charge in [0.05, 0.1) is 6.54 Å². The third kappa shape index (κ3) is 3.82. The minimum atomic E-state index is -3.43. The minimum absolute atomic E-state index is 0.0286. The van der Waals surface area contributed by atoms with Crippen LogP contribution < -0.4 is 10.6 Å². The van der Waals surface area contributed by atoms with Crippen LogP contribution in [0.4, 0.5) is 0 Å². The number of nitrogens with zero attached hydrogens (tertiary/aromatic N) is 1. The third-order valence-corrected chi connectivity index (χ3v) is 6.98. The Hall–Kier alpha value is -0.960.